The first-order valence-corrected chi connectivity index (χ1v) is 11.5. The average Bonchev–Trinajstić information content (AvgIpc) is 3.07. The van der Waals surface area contributed by atoms with Gasteiger partial charge in [-0.05, 0) is 38.8 Å². The standard InChI is InChI=1S/C25H27F2N3O5/c1-14(2)35-21-10-19-18(9-20(21)22(28)31)16(4-3-15-5-7-33-8-6-15)12-29-23(19)34-13-17-11-25(26,27)24(32)30-17/h9-10,12,14-15,17H,5-8,11,13H2,1-2H3,(H2,28,31)(H,30,32). The molecule has 3 N–H and O–H groups in total. The summed E-state index contributed by atoms with van der Waals surface area (Å²) in [7, 11) is 0. The first kappa shape index (κ1) is 24.7. The molecule has 35 heavy (non-hydrogen) atoms. The monoisotopic (exact) mass is 487 g/mol. The van der Waals surface area contributed by atoms with E-state index in [1.54, 1.807) is 12.1 Å². The van der Waals surface area contributed by atoms with E-state index in [1.165, 1.54) is 6.20 Å². The summed E-state index contributed by atoms with van der Waals surface area (Å²) < 4.78 is 44.1. The zero-order valence-corrected chi connectivity index (χ0v) is 19.5. The van der Waals surface area contributed by atoms with E-state index < -0.39 is 30.2 Å². The molecule has 0 spiro atoms. The predicted molar refractivity (Wildman–Crippen MR) is 123 cm³/mol. The molecule has 2 amide bonds. The Morgan fingerprint density at radius 1 is 1.31 bits per heavy atom. The van der Waals surface area contributed by atoms with Gasteiger partial charge in [0.1, 0.15) is 12.4 Å². The number of nitrogens with one attached hydrogen (secondary N) is 1. The lowest BCUT2D eigenvalue weighted by Crippen LogP contribution is -2.33. The van der Waals surface area contributed by atoms with Crippen LogP contribution >= 0.6 is 0 Å². The maximum Gasteiger partial charge on any atom is 0.326 e. The van der Waals surface area contributed by atoms with E-state index in [9.17, 15) is 18.4 Å². The number of nitrogens with zero attached hydrogens (tertiary/aromatic N) is 1. The van der Waals surface area contributed by atoms with Crippen molar-refractivity contribution in [2.45, 2.75) is 51.2 Å². The molecule has 1 aromatic heterocycles. The van der Waals surface area contributed by atoms with E-state index in [0.29, 0.717) is 29.5 Å². The van der Waals surface area contributed by atoms with Gasteiger partial charge in [0.25, 0.3) is 11.8 Å². The molecule has 3 heterocycles. The van der Waals surface area contributed by atoms with Crippen molar-refractivity contribution < 1.29 is 32.6 Å². The number of carbonyl (C=O) groups excluding carboxylic acids is 2. The molecule has 8 nitrogen and oxygen atoms in total. The van der Waals surface area contributed by atoms with Gasteiger partial charge in [-0.15, -0.1) is 0 Å². The fourth-order valence-electron chi connectivity index (χ4n) is 4.05. The lowest BCUT2D eigenvalue weighted by atomic mass is 9.99. The number of halogens is 2. The normalized spacial score (nSPS) is 19.8. The number of rotatable bonds is 6. The van der Waals surface area contributed by atoms with Crippen LogP contribution in [0, 0.1) is 17.8 Å². The Morgan fingerprint density at radius 3 is 2.69 bits per heavy atom. The molecule has 0 bridgehead atoms. The third-order valence-electron chi connectivity index (χ3n) is 5.80. The molecular weight excluding hydrogens is 460 g/mol. The molecule has 0 saturated carbocycles. The Morgan fingerprint density at radius 2 is 2.06 bits per heavy atom. The molecule has 1 atom stereocenters. The second kappa shape index (κ2) is 10.0. The van der Waals surface area contributed by atoms with Crippen molar-refractivity contribution in [3.8, 4) is 23.5 Å². The Bertz CT molecular complexity index is 1200. The number of hydrogen-bond donors (Lipinski definition) is 2. The quantitative estimate of drug-likeness (QED) is 0.606. The first-order chi connectivity index (χ1) is 16.6. The summed E-state index contributed by atoms with van der Waals surface area (Å²) in [4.78, 5) is 27.9. The van der Waals surface area contributed by atoms with Gasteiger partial charge in [0.15, 0.2) is 0 Å². The van der Waals surface area contributed by atoms with Crippen molar-refractivity contribution in [3.05, 3.63) is 29.5 Å². The van der Waals surface area contributed by atoms with Crippen molar-refractivity contribution in [2.24, 2.45) is 11.7 Å². The lowest BCUT2D eigenvalue weighted by Gasteiger charge is -2.18. The second-order valence-electron chi connectivity index (χ2n) is 8.95. The summed E-state index contributed by atoms with van der Waals surface area (Å²) >= 11 is 0. The van der Waals surface area contributed by atoms with Crippen molar-refractivity contribution in [1.82, 2.24) is 10.3 Å². The Kier molecular flexibility index (Phi) is 7.08. The predicted octanol–water partition coefficient (Wildman–Crippen LogP) is 2.80. The number of hydrogen-bond acceptors (Lipinski definition) is 6. The highest BCUT2D eigenvalue weighted by atomic mass is 19.3. The maximum atomic E-state index is 13.6. The van der Waals surface area contributed by atoms with Gasteiger partial charge in [0, 0.05) is 42.5 Å². The molecule has 2 fully saturated rings. The molecule has 0 radical (unpaired) electrons. The Hall–Kier alpha value is -3.45. The fraction of sp³-hybridized carbons (Fsp3) is 0.480. The van der Waals surface area contributed by atoms with Crippen molar-refractivity contribution in [3.63, 3.8) is 0 Å². The summed E-state index contributed by atoms with van der Waals surface area (Å²) in [6.45, 7) is 4.73. The molecule has 4 rings (SSSR count). The highest BCUT2D eigenvalue weighted by molar-refractivity contribution is 6.03. The molecule has 2 aliphatic heterocycles. The van der Waals surface area contributed by atoms with Gasteiger partial charge >= 0.3 is 5.92 Å². The van der Waals surface area contributed by atoms with Crippen molar-refractivity contribution in [2.75, 3.05) is 19.8 Å². The minimum atomic E-state index is -3.43. The second-order valence-corrected chi connectivity index (χ2v) is 8.95. The highest BCUT2D eigenvalue weighted by Gasteiger charge is 2.48. The van der Waals surface area contributed by atoms with Crippen molar-refractivity contribution in [1.29, 1.82) is 0 Å². The number of nitrogens with two attached hydrogens (primary N) is 1. The smallest absolute Gasteiger partial charge is 0.326 e. The third-order valence-corrected chi connectivity index (χ3v) is 5.80. The Balaban J connectivity index is 1.72. The Labute approximate surface area is 201 Å². The van der Waals surface area contributed by atoms with Crippen LogP contribution in [-0.4, -0.2) is 54.7 Å². The summed E-state index contributed by atoms with van der Waals surface area (Å²) in [6, 6.07) is 2.32. The summed E-state index contributed by atoms with van der Waals surface area (Å²) in [5.74, 6) is 1.56. The number of pyridine rings is 1. The van der Waals surface area contributed by atoms with Crippen LogP contribution in [-0.2, 0) is 9.53 Å². The molecule has 0 aliphatic carbocycles. The number of fused-ring (bicyclic) bond motifs is 1. The molecule has 1 aromatic carbocycles. The minimum Gasteiger partial charge on any atom is -0.490 e. The number of amides is 2. The van der Waals surface area contributed by atoms with Crippen LogP contribution in [0.25, 0.3) is 10.8 Å². The molecule has 2 aliphatic rings. The van der Waals surface area contributed by atoms with E-state index in [-0.39, 0.29) is 35.8 Å². The largest absolute Gasteiger partial charge is 0.490 e. The maximum absolute atomic E-state index is 13.6. The number of primary amides is 1. The average molecular weight is 488 g/mol. The molecule has 10 heteroatoms. The van der Waals surface area contributed by atoms with Crippen LogP contribution < -0.4 is 20.5 Å². The molecule has 1 unspecified atom stereocenters. The third kappa shape index (κ3) is 5.62. The van der Waals surface area contributed by atoms with Crippen LogP contribution in [0.4, 0.5) is 8.78 Å². The number of alkyl halides is 2. The summed E-state index contributed by atoms with van der Waals surface area (Å²) in [5.41, 5.74) is 6.36. The van der Waals surface area contributed by atoms with E-state index >= 15 is 0 Å². The van der Waals surface area contributed by atoms with Gasteiger partial charge in [-0.1, -0.05) is 11.8 Å². The summed E-state index contributed by atoms with van der Waals surface area (Å²) in [6.07, 6.45) is 2.27. The molecule has 186 valence electrons. The zero-order valence-electron chi connectivity index (χ0n) is 19.5. The first-order valence-electron chi connectivity index (χ1n) is 11.5. The number of carbonyl (C=O) groups is 2. The van der Waals surface area contributed by atoms with E-state index in [4.69, 9.17) is 19.9 Å². The molecule has 2 saturated heterocycles. The van der Waals surface area contributed by atoms with Crippen LogP contribution in [0.2, 0.25) is 0 Å². The highest BCUT2D eigenvalue weighted by Crippen LogP contribution is 2.34. The fourth-order valence-corrected chi connectivity index (χ4v) is 4.05. The van der Waals surface area contributed by atoms with E-state index in [1.807, 2.05) is 13.8 Å². The van der Waals surface area contributed by atoms with Gasteiger partial charge < -0.3 is 25.3 Å². The molecular formula is C25H27F2N3O5. The van der Waals surface area contributed by atoms with Gasteiger partial charge in [-0.25, -0.2) is 4.98 Å². The van der Waals surface area contributed by atoms with Gasteiger partial charge in [-0.3, -0.25) is 9.59 Å². The van der Waals surface area contributed by atoms with E-state index in [0.717, 1.165) is 12.8 Å². The summed E-state index contributed by atoms with van der Waals surface area (Å²) in [5, 5.41) is 3.29. The number of benzene rings is 1. The molecule has 2 aromatic rings. The van der Waals surface area contributed by atoms with Crippen LogP contribution in [0.15, 0.2) is 18.3 Å². The van der Waals surface area contributed by atoms with Gasteiger partial charge in [0.2, 0.25) is 5.88 Å². The van der Waals surface area contributed by atoms with Gasteiger partial charge in [-0.2, -0.15) is 8.78 Å². The van der Waals surface area contributed by atoms with E-state index in [2.05, 4.69) is 22.1 Å². The SMILES string of the molecule is CC(C)Oc1cc2c(OCC3CC(F)(F)C(=O)N3)ncc(C#CC3CCOCC3)c2cc1C(N)=O. The van der Waals surface area contributed by atoms with Crippen LogP contribution in [0.1, 0.15) is 49.0 Å². The van der Waals surface area contributed by atoms with Crippen LogP contribution in [0.3, 0.4) is 0 Å². The topological polar surface area (TPSA) is 113 Å². The lowest BCUT2D eigenvalue weighted by molar-refractivity contribution is -0.139. The van der Waals surface area contributed by atoms with Crippen molar-refractivity contribution >= 4 is 22.6 Å². The van der Waals surface area contributed by atoms with Crippen LogP contribution in [0.5, 0.6) is 11.6 Å². The zero-order chi connectivity index (χ0) is 25.2. The minimum absolute atomic E-state index is 0.144. The number of ether oxygens (including phenoxy) is 3. The number of aromatic nitrogens is 1. The van der Waals surface area contributed by atoms with Gasteiger partial charge in [0.05, 0.1) is 23.3 Å².